The molecule has 4 rings (SSSR count). The molecule has 0 aromatic heterocycles. The molecule has 0 heterocycles. The third kappa shape index (κ3) is 1.54. The maximum atomic E-state index is 10.3. The van der Waals surface area contributed by atoms with Crippen LogP contribution in [0.2, 0.25) is 0 Å². The minimum atomic E-state index is -0.122. The Labute approximate surface area is 120 Å². The Bertz CT molecular complexity index is 601. The van der Waals surface area contributed by atoms with E-state index in [4.69, 9.17) is 0 Å². The Morgan fingerprint density at radius 2 is 2.00 bits per heavy atom. The average molecular weight is 270 g/mol. The van der Waals surface area contributed by atoms with Crippen LogP contribution in [-0.2, 0) is 6.42 Å². The van der Waals surface area contributed by atoms with E-state index in [9.17, 15) is 10.2 Å². The van der Waals surface area contributed by atoms with Crippen LogP contribution in [0, 0.1) is 11.3 Å². The molecule has 1 saturated carbocycles. The lowest BCUT2D eigenvalue weighted by Crippen LogP contribution is -2.37. The maximum absolute atomic E-state index is 10.3. The Kier molecular flexibility index (Phi) is 2.56. The van der Waals surface area contributed by atoms with Crippen LogP contribution in [0.25, 0.3) is 5.57 Å². The van der Waals surface area contributed by atoms with Crippen molar-refractivity contribution in [2.45, 2.75) is 51.6 Å². The van der Waals surface area contributed by atoms with Gasteiger partial charge in [0.15, 0.2) is 0 Å². The van der Waals surface area contributed by atoms with Crippen molar-refractivity contribution < 1.29 is 10.2 Å². The minimum absolute atomic E-state index is 0.104. The van der Waals surface area contributed by atoms with Gasteiger partial charge in [-0.3, -0.25) is 0 Å². The summed E-state index contributed by atoms with van der Waals surface area (Å²) < 4.78 is 0. The summed E-state index contributed by atoms with van der Waals surface area (Å²) in [7, 11) is 0. The fourth-order valence-electron chi connectivity index (χ4n) is 4.88. The summed E-state index contributed by atoms with van der Waals surface area (Å²) >= 11 is 0. The molecule has 3 unspecified atom stereocenters. The SMILES string of the molecule is CC12CCC3=C(CCc4cc(O)ccc43)C1CCC2O. The predicted molar refractivity (Wildman–Crippen MR) is 79.4 cm³/mol. The average Bonchev–Trinajstić information content (AvgIpc) is 2.74. The van der Waals surface area contributed by atoms with E-state index in [1.807, 2.05) is 12.1 Å². The van der Waals surface area contributed by atoms with Crippen molar-refractivity contribution in [3.63, 3.8) is 0 Å². The number of allylic oxidation sites excluding steroid dienone is 2. The Hall–Kier alpha value is -1.28. The van der Waals surface area contributed by atoms with Gasteiger partial charge in [-0.1, -0.05) is 18.6 Å². The molecule has 0 aliphatic heterocycles. The molecule has 0 spiro atoms. The minimum Gasteiger partial charge on any atom is -0.508 e. The molecule has 1 fully saturated rings. The predicted octanol–water partition coefficient (Wildman–Crippen LogP) is 3.66. The molecule has 20 heavy (non-hydrogen) atoms. The van der Waals surface area contributed by atoms with Gasteiger partial charge >= 0.3 is 0 Å². The van der Waals surface area contributed by atoms with Gasteiger partial charge < -0.3 is 10.2 Å². The number of aliphatic hydroxyl groups excluding tert-OH is 1. The first-order valence-electron chi connectivity index (χ1n) is 7.82. The molecule has 106 valence electrons. The number of aryl methyl sites for hydroxylation is 1. The highest BCUT2D eigenvalue weighted by Gasteiger charge is 2.50. The molecule has 0 amide bonds. The van der Waals surface area contributed by atoms with Crippen LogP contribution in [0.3, 0.4) is 0 Å². The molecule has 0 bridgehead atoms. The summed E-state index contributed by atoms with van der Waals surface area (Å²) in [6.07, 6.45) is 6.30. The summed E-state index contributed by atoms with van der Waals surface area (Å²) in [5, 5.41) is 20.0. The molecule has 3 atom stereocenters. The summed E-state index contributed by atoms with van der Waals surface area (Å²) in [4.78, 5) is 0. The first kappa shape index (κ1) is 12.5. The number of rotatable bonds is 0. The highest BCUT2D eigenvalue weighted by molar-refractivity contribution is 5.75. The van der Waals surface area contributed by atoms with E-state index in [1.165, 1.54) is 16.7 Å². The van der Waals surface area contributed by atoms with Crippen molar-refractivity contribution >= 4 is 5.57 Å². The highest BCUT2D eigenvalue weighted by Crippen LogP contribution is 2.58. The molecule has 2 nitrogen and oxygen atoms in total. The zero-order valence-corrected chi connectivity index (χ0v) is 12.0. The van der Waals surface area contributed by atoms with Gasteiger partial charge in [-0.2, -0.15) is 0 Å². The quantitative estimate of drug-likeness (QED) is 0.755. The summed E-state index contributed by atoms with van der Waals surface area (Å²) in [6, 6.07) is 5.83. The zero-order valence-electron chi connectivity index (χ0n) is 12.0. The second kappa shape index (κ2) is 4.11. The molecule has 2 N–H and O–H groups in total. The van der Waals surface area contributed by atoms with Crippen molar-refractivity contribution in [1.82, 2.24) is 0 Å². The van der Waals surface area contributed by atoms with Crippen molar-refractivity contribution in [3.8, 4) is 5.75 Å². The van der Waals surface area contributed by atoms with Crippen LogP contribution in [0.15, 0.2) is 23.8 Å². The van der Waals surface area contributed by atoms with Crippen molar-refractivity contribution in [2.75, 3.05) is 0 Å². The Balaban J connectivity index is 1.83. The van der Waals surface area contributed by atoms with E-state index >= 15 is 0 Å². The van der Waals surface area contributed by atoms with Gasteiger partial charge in [-0.05, 0) is 73.3 Å². The van der Waals surface area contributed by atoms with Crippen LogP contribution < -0.4 is 0 Å². The van der Waals surface area contributed by atoms with Gasteiger partial charge in [0.2, 0.25) is 0 Å². The van der Waals surface area contributed by atoms with Crippen LogP contribution in [0.4, 0.5) is 0 Å². The Morgan fingerprint density at radius 3 is 2.85 bits per heavy atom. The van der Waals surface area contributed by atoms with Crippen molar-refractivity contribution in [3.05, 3.63) is 34.9 Å². The number of hydrogen-bond acceptors (Lipinski definition) is 2. The van der Waals surface area contributed by atoms with Crippen LogP contribution >= 0.6 is 0 Å². The molecular formula is C18H22O2. The standard InChI is InChI=1S/C18H22O2/c1-18-9-8-14-13-5-3-12(19)10-11(13)2-4-15(14)16(18)6-7-17(18)20/h3,5,10,16-17,19-20H,2,4,6-9H2,1H3. The number of hydrogen-bond donors (Lipinski definition) is 2. The summed E-state index contributed by atoms with van der Waals surface area (Å²) in [5.41, 5.74) is 5.88. The second-order valence-electron chi connectivity index (χ2n) is 7.00. The lowest BCUT2D eigenvalue weighted by atomic mass is 9.62. The summed E-state index contributed by atoms with van der Waals surface area (Å²) in [5.74, 6) is 0.952. The normalized spacial score (nSPS) is 35.5. The summed E-state index contributed by atoms with van der Waals surface area (Å²) in [6.45, 7) is 2.28. The number of aromatic hydroxyl groups is 1. The zero-order chi connectivity index (χ0) is 13.9. The van der Waals surface area contributed by atoms with E-state index in [1.54, 1.807) is 5.57 Å². The van der Waals surface area contributed by atoms with Crippen LogP contribution in [-0.4, -0.2) is 16.3 Å². The highest BCUT2D eigenvalue weighted by atomic mass is 16.3. The molecule has 1 aromatic rings. The molecule has 3 aliphatic rings. The number of fused-ring (bicyclic) bond motifs is 4. The van der Waals surface area contributed by atoms with Gasteiger partial charge in [0.1, 0.15) is 5.75 Å². The van der Waals surface area contributed by atoms with Gasteiger partial charge in [-0.15, -0.1) is 0 Å². The van der Waals surface area contributed by atoms with Gasteiger partial charge in [0.25, 0.3) is 0 Å². The maximum Gasteiger partial charge on any atom is 0.115 e. The number of benzene rings is 1. The lowest BCUT2D eigenvalue weighted by molar-refractivity contribution is 0.0379. The van der Waals surface area contributed by atoms with Crippen LogP contribution in [0.5, 0.6) is 5.75 Å². The van der Waals surface area contributed by atoms with E-state index < -0.39 is 0 Å². The molecule has 3 aliphatic carbocycles. The number of phenolic OH excluding ortho intramolecular Hbond substituents is 1. The first-order chi connectivity index (χ1) is 9.59. The smallest absolute Gasteiger partial charge is 0.115 e. The Morgan fingerprint density at radius 1 is 1.15 bits per heavy atom. The third-order valence-corrected chi connectivity index (χ3v) is 6.09. The monoisotopic (exact) mass is 270 g/mol. The van der Waals surface area contributed by atoms with Crippen LogP contribution in [0.1, 0.15) is 50.2 Å². The number of phenols is 1. The van der Waals surface area contributed by atoms with E-state index in [-0.39, 0.29) is 11.5 Å². The van der Waals surface area contributed by atoms with Gasteiger partial charge in [0, 0.05) is 5.41 Å². The topological polar surface area (TPSA) is 40.5 Å². The molecule has 1 aromatic carbocycles. The van der Waals surface area contributed by atoms with Gasteiger partial charge in [-0.25, -0.2) is 0 Å². The van der Waals surface area contributed by atoms with Gasteiger partial charge in [0.05, 0.1) is 6.10 Å². The number of aliphatic hydroxyl groups is 1. The second-order valence-corrected chi connectivity index (χ2v) is 7.00. The first-order valence-corrected chi connectivity index (χ1v) is 7.82. The molecule has 0 saturated heterocycles. The lowest BCUT2D eigenvalue weighted by Gasteiger charge is -2.43. The van der Waals surface area contributed by atoms with Crippen molar-refractivity contribution in [1.29, 1.82) is 0 Å². The van der Waals surface area contributed by atoms with E-state index in [0.717, 1.165) is 38.5 Å². The molecule has 0 radical (unpaired) electrons. The third-order valence-electron chi connectivity index (χ3n) is 6.09. The van der Waals surface area contributed by atoms with E-state index in [0.29, 0.717) is 11.7 Å². The molecular weight excluding hydrogens is 248 g/mol. The van der Waals surface area contributed by atoms with E-state index in [2.05, 4.69) is 13.0 Å². The fraction of sp³-hybridized carbons (Fsp3) is 0.556. The molecule has 2 heteroatoms. The largest absolute Gasteiger partial charge is 0.508 e. The van der Waals surface area contributed by atoms with Crippen molar-refractivity contribution in [2.24, 2.45) is 11.3 Å². The fourth-order valence-corrected chi connectivity index (χ4v) is 4.88.